The Labute approximate surface area is 134 Å². The van der Waals surface area contributed by atoms with Gasteiger partial charge < -0.3 is 15.4 Å². The van der Waals surface area contributed by atoms with Gasteiger partial charge in [0.05, 0.1) is 29.0 Å². The third kappa shape index (κ3) is 3.67. The molecule has 1 aromatic carbocycles. The zero-order valence-electron chi connectivity index (χ0n) is 12.8. The molecule has 4 atom stereocenters. The van der Waals surface area contributed by atoms with Crippen molar-refractivity contribution >= 4 is 16.8 Å². The number of nitrogens with one attached hydrogen (secondary N) is 2. The van der Waals surface area contributed by atoms with Gasteiger partial charge in [0.2, 0.25) is 0 Å². The summed E-state index contributed by atoms with van der Waals surface area (Å²) in [6.07, 6.45) is 4.12. The van der Waals surface area contributed by atoms with Gasteiger partial charge in [-0.25, -0.2) is 0 Å². The average molecular weight is 321 g/mol. The number of aliphatic imine (C=N–C) groups is 1. The maximum atomic E-state index is 12.2. The Morgan fingerprint density at radius 2 is 2.18 bits per heavy atom. The number of ether oxygens (including phenoxy) is 1. The number of fused-ring (bicyclic) bond motifs is 2. The van der Waals surface area contributed by atoms with Crippen molar-refractivity contribution in [3.05, 3.63) is 30.3 Å². The monoisotopic (exact) mass is 321 g/mol. The van der Waals surface area contributed by atoms with Crippen LogP contribution in [0, 0.1) is 0 Å². The van der Waals surface area contributed by atoms with E-state index in [9.17, 15) is 4.21 Å². The summed E-state index contributed by atoms with van der Waals surface area (Å²) in [6, 6.07) is 9.91. The summed E-state index contributed by atoms with van der Waals surface area (Å²) in [5.74, 6) is 1.34. The minimum Gasteiger partial charge on any atom is -0.373 e. The molecule has 5 nitrogen and oxygen atoms in total. The van der Waals surface area contributed by atoms with Gasteiger partial charge in [0.15, 0.2) is 5.96 Å². The van der Waals surface area contributed by atoms with Crippen molar-refractivity contribution in [3.63, 3.8) is 0 Å². The van der Waals surface area contributed by atoms with Crippen molar-refractivity contribution < 1.29 is 8.95 Å². The fourth-order valence-electron chi connectivity index (χ4n) is 3.11. The lowest BCUT2D eigenvalue weighted by Gasteiger charge is -2.22. The van der Waals surface area contributed by atoms with Crippen LogP contribution in [-0.4, -0.2) is 47.8 Å². The Kier molecular flexibility index (Phi) is 5.10. The first-order valence-corrected chi connectivity index (χ1v) is 9.14. The van der Waals surface area contributed by atoms with E-state index < -0.39 is 10.8 Å². The van der Waals surface area contributed by atoms with Crippen LogP contribution in [0.1, 0.15) is 19.3 Å². The first kappa shape index (κ1) is 15.5. The van der Waals surface area contributed by atoms with E-state index in [-0.39, 0.29) is 0 Å². The van der Waals surface area contributed by atoms with Gasteiger partial charge in [-0.05, 0) is 31.4 Å². The molecule has 2 N–H and O–H groups in total. The number of hydrogen-bond acceptors (Lipinski definition) is 3. The Morgan fingerprint density at radius 1 is 1.36 bits per heavy atom. The van der Waals surface area contributed by atoms with Gasteiger partial charge in [0.25, 0.3) is 0 Å². The zero-order valence-corrected chi connectivity index (χ0v) is 13.6. The number of guanidine groups is 1. The molecular formula is C16H23N3O2S. The summed E-state index contributed by atoms with van der Waals surface area (Å²) >= 11 is 0. The van der Waals surface area contributed by atoms with Gasteiger partial charge in [-0.15, -0.1) is 0 Å². The highest BCUT2D eigenvalue weighted by Crippen LogP contribution is 2.34. The van der Waals surface area contributed by atoms with Crippen molar-refractivity contribution in [2.75, 3.05) is 19.3 Å². The summed E-state index contributed by atoms with van der Waals surface area (Å²) in [5.41, 5.74) is 0. The smallest absolute Gasteiger partial charge is 0.191 e. The third-order valence-electron chi connectivity index (χ3n) is 4.24. The van der Waals surface area contributed by atoms with Crippen LogP contribution in [0.5, 0.6) is 0 Å². The molecule has 2 heterocycles. The first-order chi connectivity index (χ1) is 10.8. The van der Waals surface area contributed by atoms with Crippen molar-refractivity contribution in [1.29, 1.82) is 0 Å². The Bertz CT molecular complexity index is 550. The number of benzene rings is 1. The Hall–Kier alpha value is -1.40. The molecular weight excluding hydrogens is 298 g/mol. The Balaban J connectivity index is 1.43. The minimum absolute atomic E-state index is 0.321. The third-order valence-corrected chi connectivity index (χ3v) is 5.61. The molecule has 0 saturated carbocycles. The van der Waals surface area contributed by atoms with E-state index in [0.717, 1.165) is 23.7 Å². The fraction of sp³-hybridized carbons (Fsp3) is 0.562. The predicted molar refractivity (Wildman–Crippen MR) is 88.5 cm³/mol. The average Bonchev–Trinajstić information content (AvgIpc) is 3.17. The highest BCUT2D eigenvalue weighted by molar-refractivity contribution is 7.85. The van der Waals surface area contributed by atoms with Gasteiger partial charge in [0, 0.05) is 24.2 Å². The van der Waals surface area contributed by atoms with Crippen LogP contribution in [0.15, 0.2) is 40.2 Å². The van der Waals surface area contributed by atoms with Gasteiger partial charge in [0.1, 0.15) is 0 Å². The van der Waals surface area contributed by atoms with Crippen LogP contribution in [-0.2, 0) is 15.5 Å². The molecule has 4 unspecified atom stereocenters. The zero-order chi connectivity index (χ0) is 15.4. The summed E-state index contributed by atoms with van der Waals surface area (Å²) in [4.78, 5) is 5.11. The maximum Gasteiger partial charge on any atom is 0.191 e. The molecule has 2 saturated heterocycles. The summed E-state index contributed by atoms with van der Waals surface area (Å²) in [5, 5.41) is 6.67. The maximum absolute atomic E-state index is 12.2. The molecule has 0 amide bonds. The van der Waals surface area contributed by atoms with Crippen molar-refractivity contribution in [2.24, 2.45) is 4.99 Å². The van der Waals surface area contributed by atoms with E-state index in [1.807, 2.05) is 30.3 Å². The SMILES string of the molecule is CN=C(NCCS(=O)c1ccccc1)NC1CC2CCC1O2. The second-order valence-electron chi connectivity index (χ2n) is 5.72. The highest BCUT2D eigenvalue weighted by Gasteiger charge is 2.41. The molecule has 6 heteroatoms. The lowest BCUT2D eigenvalue weighted by Crippen LogP contribution is -2.48. The van der Waals surface area contributed by atoms with E-state index in [2.05, 4.69) is 15.6 Å². The Morgan fingerprint density at radius 3 is 2.82 bits per heavy atom. The molecule has 2 fully saturated rings. The minimum atomic E-state index is -0.977. The van der Waals surface area contributed by atoms with E-state index in [1.165, 1.54) is 6.42 Å². The number of hydrogen-bond donors (Lipinski definition) is 2. The summed E-state index contributed by atoms with van der Waals surface area (Å²) < 4.78 is 18.0. The highest BCUT2D eigenvalue weighted by atomic mass is 32.2. The quantitative estimate of drug-likeness (QED) is 0.633. The van der Waals surface area contributed by atoms with Crippen molar-refractivity contribution in [3.8, 4) is 0 Å². The molecule has 2 aliphatic rings. The molecule has 2 bridgehead atoms. The molecule has 0 spiro atoms. The van der Waals surface area contributed by atoms with E-state index in [1.54, 1.807) is 7.05 Å². The van der Waals surface area contributed by atoms with E-state index in [4.69, 9.17) is 4.74 Å². The second kappa shape index (κ2) is 7.24. The standard InChI is InChI=1S/C16H23N3O2S/c1-17-16(19-14-11-12-7-8-15(14)21-12)18-9-10-22(20)13-5-3-2-4-6-13/h2-6,12,14-15H,7-11H2,1H3,(H2,17,18,19). The lowest BCUT2D eigenvalue weighted by atomic mass is 9.96. The molecule has 0 aliphatic carbocycles. The van der Waals surface area contributed by atoms with E-state index >= 15 is 0 Å². The molecule has 2 aliphatic heterocycles. The van der Waals surface area contributed by atoms with Crippen LogP contribution >= 0.6 is 0 Å². The van der Waals surface area contributed by atoms with Gasteiger partial charge in [-0.3, -0.25) is 9.20 Å². The molecule has 120 valence electrons. The van der Waals surface area contributed by atoms with Gasteiger partial charge >= 0.3 is 0 Å². The summed E-state index contributed by atoms with van der Waals surface area (Å²) in [7, 11) is 0.784. The normalized spacial score (nSPS) is 28.6. The largest absolute Gasteiger partial charge is 0.373 e. The fourth-order valence-corrected chi connectivity index (χ4v) is 4.10. The van der Waals surface area contributed by atoms with Crippen molar-refractivity contribution in [1.82, 2.24) is 10.6 Å². The van der Waals surface area contributed by atoms with Gasteiger partial charge in [-0.1, -0.05) is 18.2 Å². The van der Waals surface area contributed by atoms with Crippen LogP contribution in [0.4, 0.5) is 0 Å². The molecule has 22 heavy (non-hydrogen) atoms. The van der Waals surface area contributed by atoms with Crippen LogP contribution < -0.4 is 10.6 Å². The molecule has 1 aromatic rings. The molecule has 3 rings (SSSR count). The summed E-state index contributed by atoms with van der Waals surface area (Å²) in [6.45, 7) is 0.628. The second-order valence-corrected chi connectivity index (χ2v) is 7.29. The van der Waals surface area contributed by atoms with Crippen molar-refractivity contribution in [2.45, 2.75) is 42.4 Å². The molecule has 0 aromatic heterocycles. The topological polar surface area (TPSA) is 62.7 Å². The lowest BCUT2D eigenvalue weighted by molar-refractivity contribution is 0.0992. The first-order valence-electron chi connectivity index (χ1n) is 7.82. The molecule has 0 radical (unpaired) electrons. The van der Waals surface area contributed by atoms with Crippen LogP contribution in [0.25, 0.3) is 0 Å². The van der Waals surface area contributed by atoms with Gasteiger partial charge in [-0.2, -0.15) is 0 Å². The number of nitrogens with zero attached hydrogens (tertiary/aromatic N) is 1. The van der Waals surface area contributed by atoms with E-state index in [0.29, 0.717) is 30.5 Å². The van der Waals surface area contributed by atoms with Crippen LogP contribution in [0.3, 0.4) is 0 Å². The predicted octanol–water partition coefficient (Wildman–Crippen LogP) is 1.28. The number of rotatable bonds is 5. The van der Waals surface area contributed by atoms with Crippen LogP contribution in [0.2, 0.25) is 0 Å².